The van der Waals surface area contributed by atoms with E-state index < -0.39 is 11.8 Å². The number of anilines is 1. The maximum atomic E-state index is 12.8. The molecule has 10 heteroatoms. The highest BCUT2D eigenvalue weighted by molar-refractivity contribution is 6.08. The van der Waals surface area contributed by atoms with Gasteiger partial charge in [0.2, 0.25) is 0 Å². The second kappa shape index (κ2) is 10.4. The minimum absolute atomic E-state index is 0.0249. The van der Waals surface area contributed by atoms with Gasteiger partial charge in [-0.15, -0.1) is 0 Å². The van der Waals surface area contributed by atoms with Crippen LogP contribution >= 0.6 is 0 Å². The smallest absolute Gasteiger partial charge is 0.317 e. The predicted octanol–water partition coefficient (Wildman–Crippen LogP) is 1.66. The van der Waals surface area contributed by atoms with Crippen LogP contribution in [-0.4, -0.2) is 65.5 Å². The number of nitrogens with zero attached hydrogens (tertiary/aromatic N) is 3. The number of para-hydroxylation sites is 1. The summed E-state index contributed by atoms with van der Waals surface area (Å²) in [6.07, 6.45) is 4.06. The van der Waals surface area contributed by atoms with Gasteiger partial charge in [-0.05, 0) is 31.9 Å². The normalized spacial score (nSPS) is 13.9. The summed E-state index contributed by atoms with van der Waals surface area (Å²) in [5, 5.41) is 8.34. The molecule has 2 heterocycles. The van der Waals surface area contributed by atoms with E-state index in [-0.39, 0.29) is 23.6 Å². The van der Waals surface area contributed by atoms with Crippen LogP contribution in [0.25, 0.3) is 0 Å². The van der Waals surface area contributed by atoms with Gasteiger partial charge in [-0.1, -0.05) is 12.1 Å². The van der Waals surface area contributed by atoms with Gasteiger partial charge >= 0.3 is 6.03 Å². The maximum absolute atomic E-state index is 12.8. The van der Waals surface area contributed by atoms with Gasteiger partial charge in [0.1, 0.15) is 5.75 Å². The molecule has 3 rings (SSSR count). The number of carbonyl (C=O) groups is 3. The number of urea groups is 1. The Morgan fingerprint density at radius 1 is 1.10 bits per heavy atom. The Labute approximate surface area is 180 Å². The van der Waals surface area contributed by atoms with Crippen LogP contribution in [0.1, 0.15) is 40.6 Å². The molecule has 0 atom stereocenters. The second-order valence-electron chi connectivity index (χ2n) is 6.98. The van der Waals surface area contributed by atoms with Gasteiger partial charge < -0.3 is 25.6 Å². The molecule has 1 fully saturated rings. The van der Waals surface area contributed by atoms with Crippen LogP contribution in [0.2, 0.25) is 0 Å². The molecule has 0 spiro atoms. The summed E-state index contributed by atoms with van der Waals surface area (Å²) < 4.78 is 5.21. The minimum atomic E-state index is -0.456. The summed E-state index contributed by atoms with van der Waals surface area (Å²) >= 11 is 0. The van der Waals surface area contributed by atoms with Crippen LogP contribution in [0.5, 0.6) is 5.75 Å². The average Bonchev–Trinajstić information content (AvgIpc) is 2.80. The first-order valence-corrected chi connectivity index (χ1v) is 10.1. The summed E-state index contributed by atoms with van der Waals surface area (Å²) in [6.45, 7) is 3.55. The molecule has 3 N–H and O–H groups in total. The first kappa shape index (κ1) is 22.0. The number of hydrogen-bond acceptors (Lipinski definition) is 6. The number of aromatic nitrogens is 2. The Kier molecular flexibility index (Phi) is 7.36. The topological polar surface area (TPSA) is 126 Å². The van der Waals surface area contributed by atoms with E-state index >= 15 is 0 Å². The van der Waals surface area contributed by atoms with Crippen LogP contribution in [0.15, 0.2) is 36.7 Å². The number of nitrogens with one attached hydrogen (secondary N) is 3. The molecule has 0 saturated carbocycles. The predicted molar refractivity (Wildman–Crippen MR) is 114 cm³/mol. The molecule has 0 radical (unpaired) electrons. The zero-order valence-electron chi connectivity index (χ0n) is 17.6. The number of amides is 4. The Morgan fingerprint density at radius 3 is 2.52 bits per heavy atom. The first-order valence-electron chi connectivity index (χ1n) is 10.1. The fourth-order valence-corrected chi connectivity index (χ4v) is 3.35. The number of hydrogen-bond donors (Lipinski definition) is 3. The molecule has 0 bridgehead atoms. The standard InChI is InChI=1S/C21H26N6O4/c1-3-22-21(30)27-12-8-14(9-13-27)25-20(29)17-18(24-11-10-23-17)26-19(28)15-6-4-5-7-16(15)31-2/h4-7,10-11,14H,3,8-9,12-13H2,1-2H3,(H,22,30)(H,25,29)(H,24,26,28). The number of carbonyl (C=O) groups excluding carboxylic acids is 3. The molecule has 0 aliphatic carbocycles. The van der Waals surface area contributed by atoms with Crippen molar-refractivity contribution in [3.63, 3.8) is 0 Å². The monoisotopic (exact) mass is 426 g/mol. The fraction of sp³-hybridized carbons (Fsp3) is 0.381. The molecule has 1 aliphatic rings. The number of methoxy groups -OCH3 is 1. The van der Waals surface area contributed by atoms with Gasteiger partial charge in [0, 0.05) is 38.1 Å². The highest BCUT2D eigenvalue weighted by Crippen LogP contribution is 2.20. The van der Waals surface area contributed by atoms with Crippen molar-refractivity contribution in [3.05, 3.63) is 47.9 Å². The molecular weight excluding hydrogens is 400 g/mol. The van der Waals surface area contributed by atoms with Crippen LogP contribution < -0.4 is 20.7 Å². The number of likely N-dealkylation sites (tertiary alicyclic amines) is 1. The Bertz CT molecular complexity index is 943. The highest BCUT2D eigenvalue weighted by Gasteiger charge is 2.26. The van der Waals surface area contributed by atoms with E-state index in [1.807, 2.05) is 6.92 Å². The molecule has 1 aromatic heterocycles. The largest absolute Gasteiger partial charge is 0.496 e. The van der Waals surface area contributed by atoms with Gasteiger partial charge in [-0.25, -0.2) is 14.8 Å². The average molecular weight is 426 g/mol. The molecule has 10 nitrogen and oxygen atoms in total. The van der Waals surface area contributed by atoms with Crippen molar-refractivity contribution in [2.45, 2.75) is 25.8 Å². The fourth-order valence-electron chi connectivity index (χ4n) is 3.35. The van der Waals surface area contributed by atoms with E-state index in [2.05, 4.69) is 25.9 Å². The molecule has 31 heavy (non-hydrogen) atoms. The van der Waals surface area contributed by atoms with Gasteiger partial charge in [0.05, 0.1) is 12.7 Å². The maximum Gasteiger partial charge on any atom is 0.317 e. The van der Waals surface area contributed by atoms with Crippen LogP contribution in [0, 0.1) is 0 Å². The van der Waals surface area contributed by atoms with Crippen LogP contribution in [0.3, 0.4) is 0 Å². The Balaban J connectivity index is 1.64. The van der Waals surface area contributed by atoms with E-state index in [1.54, 1.807) is 29.2 Å². The summed E-state index contributed by atoms with van der Waals surface area (Å²) in [6, 6.07) is 6.57. The number of rotatable bonds is 6. The van der Waals surface area contributed by atoms with Crippen LogP contribution in [0.4, 0.5) is 10.6 Å². The third-order valence-electron chi connectivity index (χ3n) is 4.94. The van der Waals surface area contributed by atoms with E-state index in [0.29, 0.717) is 43.8 Å². The quantitative estimate of drug-likeness (QED) is 0.645. The SMILES string of the molecule is CCNC(=O)N1CCC(NC(=O)c2nccnc2NC(=O)c2ccccc2OC)CC1. The zero-order valence-corrected chi connectivity index (χ0v) is 17.6. The molecule has 4 amide bonds. The molecule has 1 saturated heterocycles. The number of benzene rings is 1. The van der Waals surface area contributed by atoms with Crippen molar-refractivity contribution in [2.75, 3.05) is 32.1 Å². The highest BCUT2D eigenvalue weighted by atomic mass is 16.5. The molecular formula is C21H26N6O4. The summed E-state index contributed by atoms with van der Waals surface area (Å²) in [5.41, 5.74) is 0.344. The lowest BCUT2D eigenvalue weighted by molar-refractivity contribution is 0.0913. The molecule has 164 valence electrons. The summed E-state index contributed by atoms with van der Waals surface area (Å²) in [4.78, 5) is 47.4. The third kappa shape index (κ3) is 5.47. The second-order valence-corrected chi connectivity index (χ2v) is 6.98. The van der Waals surface area contributed by atoms with Crippen molar-refractivity contribution >= 4 is 23.7 Å². The Hall–Kier alpha value is -3.69. The van der Waals surface area contributed by atoms with Crippen molar-refractivity contribution in [1.82, 2.24) is 25.5 Å². The number of piperidine rings is 1. The lowest BCUT2D eigenvalue weighted by Crippen LogP contribution is -2.49. The van der Waals surface area contributed by atoms with Crippen molar-refractivity contribution < 1.29 is 19.1 Å². The van der Waals surface area contributed by atoms with Gasteiger partial charge in [0.15, 0.2) is 11.5 Å². The third-order valence-corrected chi connectivity index (χ3v) is 4.94. The van der Waals surface area contributed by atoms with E-state index in [9.17, 15) is 14.4 Å². The molecule has 1 aliphatic heterocycles. The van der Waals surface area contributed by atoms with E-state index in [1.165, 1.54) is 19.5 Å². The van der Waals surface area contributed by atoms with Crippen molar-refractivity contribution in [2.24, 2.45) is 0 Å². The van der Waals surface area contributed by atoms with E-state index in [0.717, 1.165) is 0 Å². The molecule has 1 aromatic carbocycles. The van der Waals surface area contributed by atoms with Crippen LogP contribution in [-0.2, 0) is 0 Å². The molecule has 2 aromatic rings. The van der Waals surface area contributed by atoms with Gasteiger partial charge in [0.25, 0.3) is 11.8 Å². The minimum Gasteiger partial charge on any atom is -0.496 e. The lowest BCUT2D eigenvalue weighted by atomic mass is 10.1. The molecule has 0 unspecified atom stereocenters. The number of ether oxygens (including phenoxy) is 1. The van der Waals surface area contributed by atoms with E-state index in [4.69, 9.17) is 4.74 Å². The van der Waals surface area contributed by atoms with Crippen molar-refractivity contribution in [1.29, 1.82) is 0 Å². The zero-order chi connectivity index (χ0) is 22.2. The first-order chi connectivity index (χ1) is 15.0. The lowest BCUT2D eigenvalue weighted by Gasteiger charge is -2.32. The van der Waals surface area contributed by atoms with Gasteiger partial charge in [-0.3, -0.25) is 9.59 Å². The Morgan fingerprint density at radius 2 is 1.81 bits per heavy atom. The summed E-state index contributed by atoms with van der Waals surface area (Å²) in [5.74, 6) is -0.411. The van der Waals surface area contributed by atoms with Crippen molar-refractivity contribution in [3.8, 4) is 5.75 Å². The van der Waals surface area contributed by atoms with Gasteiger partial charge in [-0.2, -0.15) is 0 Å². The summed E-state index contributed by atoms with van der Waals surface area (Å²) in [7, 11) is 1.48.